The van der Waals surface area contributed by atoms with Gasteiger partial charge in [0.05, 0.1) is 6.20 Å². The third kappa shape index (κ3) is 1.05. The second-order valence-electron chi connectivity index (χ2n) is 2.59. The Labute approximate surface area is 72.0 Å². The number of aromatic carboxylic acids is 1. The van der Waals surface area contributed by atoms with Crippen molar-refractivity contribution in [3.63, 3.8) is 0 Å². The summed E-state index contributed by atoms with van der Waals surface area (Å²) in [6.45, 7) is 0. The highest BCUT2D eigenvalue weighted by Gasteiger charge is 2.17. The number of pyridine rings is 1. The van der Waals surface area contributed by atoms with E-state index in [0.717, 1.165) is 6.20 Å². The lowest BCUT2D eigenvalue weighted by molar-refractivity contribution is -0.348. The fourth-order valence-electron chi connectivity index (χ4n) is 1.18. The van der Waals surface area contributed by atoms with Gasteiger partial charge in [0.1, 0.15) is 17.1 Å². The number of H-pyrrole nitrogens is 2. The van der Waals surface area contributed by atoms with Crippen molar-refractivity contribution in [1.29, 1.82) is 0 Å². The summed E-state index contributed by atoms with van der Waals surface area (Å²) in [4.78, 5) is 15.9. The van der Waals surface area contributed by atoms with Crippen LogP contribution in [0.5, 0.6) is 0 Å². The Morgan fingerprint density at radius 1 is 1.62 bits per heavy atom. The third-order valence-electron chi connectivity index (χ3n) is 1.81. The van der Waals surface area contributed by atoms with E-state index in [1.807, 2.05) is 0 Å². The number of carbonyl (C=O) groups is 1. The number of rotatable bonds is 1. The molecule has 0 spiro atoms. The predicted octanol–water partition coefficient (Wildman–Crippen LogP) is 0.819. The third-order valence-corrected chi connectivity index (χ3v) is 1.81. The molecule has 0 bridgehead atoms. The van der Waals surface area contributed by atoms with E-state index in [-0.39, 0.29) is 10.9 Å². The standard InChI is InChI=1S/C8H5FN2O2/c9-6-4-1-2-10-7(4)11-3-5(6)8(12)13/h1-3H,(H,10,11)(H,12,13)/p+1. The van der Waals surface area contributed by atoms with Gasteiger partial charge in [-0.2, -0.15) is 0 Å². The van der Waals surface area contributed by atoms with Crippen molar-refractivity contribution < 1.29 is 19.3 Å². The number of nitrogens with one attached hydrogen (secondary N) is 2. The molecule has 66 valence electrons. The quantitative estimate of drug-likeness (QED) is 0.683. The highest BCUT2D eigenvalue weighted by Crippen LogP contribution is 2.15. The lowest BCUT2D eigenvalue weighted by atomic mass is 10.2. The number of carboxylic acids is 1. The van der Waals surface area contributed by atoms with Gasteiger partial charge in [-0.1, -0.05) is 0 Å². The molecular weight excluding hydrogens is 175 g/mol. The first-order chi connectivity index (χ1) is 6.20. The van der Waals surface area contributed by atoms with Crippen molar-refractivity contribution in [3.8, 4) is 0 Å². The van der Waals surface area contributed by atoms with E-state index in [2.05, 4.69) is 9.97 Å². The molecule has 0 amide bonds. The van der Waals surface area contributed by atoms with Crippen molar-refractivity contribution >= 4 is 17.0 Å². The largest absolute Gasteiger partial charge is 0.477 e. The molecule has 2 heterocycles. The maximum atomic E-state index is 13.3. The number of halogens is 1. The van der Waals surface area contributed by atoms with E-state index in [1.54, 1.807) is 0 Å². The minimum absolute atomic E-state index is 0.250. The van der Waals surface area contributed by atoms with Crippen molar-refractivity contribution in [2.75, 3.05) is 0 Å². The van der Waals surface area contributed by atoms with Crippen molar-refractivity contribution in [2.45, 2.75) is 0 Å². The summed E-state index contributed by atoms with van der Waals surface area (Å²) in [5.74, 6) is -2.00. The molecule has 4 nitrogen and oxygen atoms in total. The molecule has 0 aromatic carbocycles. The Balaban J connectivity index is 2.80. The van der Waals surface area contributed by atoms with E-state index in [1.165, 1.54) is 12.3 Å². The molecule has 0 aliphatic heterocycles. The molecule has 0 aliphatic rings. The first kappa shape index (κ1) is 7.72. The van der Waals surface area contributed by atoms with Crippen LogP contribution in [-0.2, 0) is 0 Å². The number of aromatic nitrogens is 2. The van der Waals surface area contributed by atoms with Crippen molar-refractivity contribution in [1.82, 2.24) is 4.98 Å². The Morgan fingerprint density at radius 3 is 3.08 bits per heavy atom. The Bertz CT molecular complexity index is 478. The van der Waals surface area contributed by atoms with Gasteiger partial charge in [0.15, 0.2) is 5.82 Å². The molecule has 0 saturated heterocycles. The summed E-state index contributed by atoms with van der Waals surface area (Å²) in [7, 11) is 0. The van der Waals surface area contributed by atoms with Crippen molar-refractivity contribution in [3.05, 3.63) is 29.8 Å². The smallest absolute Gasteiger partial charge is 0.342 e. The molecule has 2 rings (SSSR count). The molecule has 0 saturated carbocycles. The second-order valence-corrected chi connectivity index (χ2v) is 2.59. The predicted molar refractivity (Wildman–Crippen MR) is 41.8 cm³/mol. The molecule has 3 N–H and O–H groups in total. The fourth-order valence-corrected chi connectivity index (χ4v) is 1.18. The highest BCUT2D eigenvalue weighted by atomic mass is 19.1. The minimum atomic E-state index is -1.28. The zero-order chi connectivity index (χ0) is 9.42. The molecule has 0 fully saturated rings. The van der Waals surface area contributed by atoms with Gasteiger partial charge in [-0.15, -0.1) is 0 Å². The summed E-state index contributed by atoms with van der Waals surface area (Å²) in [5.41, 5.74) is 0.120. The van der Waals surface area contributed by atoms with Gasteiger partial charge in [-0.3, -0.25) is 0 Å². The van der Waals surface area contributed by atoms with Crippen LogP contribution in [-0.4, -0.2) is 16.1 Å². The van der Waals surface area contributed by atoms with Crippen LogP contribution in [0.15, 0.2) is 18.5 Å². The van der Waals surface area contributed by atoms with Gasteiger partial charge in [0.25, 0.3) is 5.65 Å². The van der Waals surface area contributed by atoms with Crippen LogP contribution in [0.3, 0.4) is 0 Å². The van der Waals surface area contributed by atoms with Crippen LogP contribution >= 0.6 is 0 Å². The molecule has 0 unspecified atom stereocenters. The highest BCUT2D eigenvalue weighted by molar-refractivity contribution is 5.91. The number of hydrogen-bond acceptors (Lipinski definition) is 1. The van der Waals surface area contributed by atoms with Crippen LogP contribution in [0.25, 0.3) is 11.0 Å². The Morgan fingerprint density at radius 2 is 2.38 bits per heavy atom. The molecular formula is C8H6FN2O2+. The molecule has 5 heteroatoms. The summed E-state index contributed by atoms with van der Waals surface area (Å²) in [5, 5.41) is 8.84. The number of carboxylic acid groups (broad SMARTS) is 1. The SMILES string of the molecule is O=C(O)c1c[nH+]c2[nH]ccc2c1F. The van der Waals surface area contributed by atoms with E-state index in [9.17, 15) is 9.18 Å². The molecule has 0 atom stereocenters. The number of aromatic amines is 2. The summed E-state index contributed by atoms with van der Waals surface area (Å²) >= 11 is 0. The first-order valence-electron chi connectivity index (χ1n) is 3.60. The monoisotopic (exact) mass is 181 g/mol. The zero-order valence-corrected chi connectivity index (χ0v) is 6.47. The topological polar surface area (TPSA) is 67.2 Å². The summed E-state index contributed by atoms with van der Waals surface area (Å²) in [6.07, 6.45) is 2.66. The lowest BCUT2D eigenvalue weighted by Crippen LogP contribution is -2.11. The van der Waals surface area contributed by atoms with Gasteiger partial charge >= 0.3 is 5.97 Å². The molecule has 13 heavy (non-hydrogen) atoms. The van der Waals surface area contributed by atoms with Crippen LogP contribution in [0.2, 0.25) is 0 Å². The average Bonchev–Trinajstić information content (AvgIpc) is 2.52. The average molecular weight is 181 g/mol. The molecule has 0 aliphatic carbocycles. The fraction of sp³-hybridized carbons (Fsp3) is 0. The van der Waals surface area contributed by atoms with Gasteiger partial charge in [0, 0.05) is 0 Å². The van der Waals surface area contributed by atoms with Crippen molar-refractivity contribution in [2.24, 2.45) is 0 Å². The van der Waals surface area contributed by atoms with Gasteiger partial charge < -0.3 is 5.11 Å². The maximum Gasteiger partial charge on any atom is 0.342 e. The summed E-state index contributed by atoms with van der Waals surface area (Å²) < 4.78 is 13.3. The van der Waals surface area contributed by atoms with E-state index in [0.29, 0.717) is 5.65 Å². The van der Waals surface area contributed by atoms with Crippen LogP contribution in [0.1, 0.15) is 10.4 Å². The minimum Gasteiger partial charge on any atom is -0.477 e. The van der Waals surface area contributed by atoms with Gasteiger partial charge in [-0.05, 0) is 6.07 Å². The van der Waals surface area contributed by atoms with Crippen LogP contribution in [0, 0.1) is 5.82 Å². The van der Waals surface area contributed by atoms with Gasteiger partial charge in [0.2, 0.25) is 0 Å². The van der Waals surface area contributed by atoms with E-state index >= 15 is 0 Å². The van der Waals surface area contributed by atoms with E-state index < -0.39 is 11.8 Å². The maximum absolute atomic E-state index is 13.3. The zero-order valence-electron chi connectivity index (χ0n) is 6.47. The Kier molecular flexibility index (Phi) is 1.51. The number of hydrogen-bond donors (Lipinski definition) is 2. The van der Waals surface area contributed by atoms with E-state index in [4.69, 9.17) is 5.11 Å². The second kappa shape index (κ2) is 2.55. The van der Waals surface area contributed by atoms with Crippen LogP contribution in [0.4, 0.5) is 4.39 Å². The normalized spacial score (nSPS) is 10.5. The molecule has 2 aromatic rings. The molecule has 2 aromatic heterocycles. The first-order valence-corrected chi connectivity index (χ1v) is 3.60. The molecule has 0 radical (unpaired) electrons. The summed E-state index contributed by atoms with van der Waals surface area (Å²) in [6, 6.07) is 1.48. The number of fused-ring (bicyclic) bond motifs is 1. The Hall–Kier alpha value is -1.91. The lowest BCUT2D eigenvalue weighted by Gasteiger charge is -1.93. The van der Waals surface area contributed by atoms with Crippen LogP contribution < -0.4 is 4.98 Å². The van der Waals surface area contributed by atoms with Gasteiger partial charge in [-0.25, -0.2) is 19.2 Å².